The quantitative estimate of drug-likeness (QED) is 0.726. The van der Waals surface area contributed by atoms with E-state index in [1.54, 1.807) is 4.90 Å². The van der Waals surface area contributed by atoms with Gasteiger partial charge in [-0.25, -0.2) is 0 Å². The van der Waals surface area contributed by atoms with Crippen LogP contribution in [0.2, 0.25) is 0 Å². The zero-order valence-corrected chi connectivity index (χ0v) is 16.1. The molecular weight excluding hydrogens is 380 g/mol. The molecule has 4 rings (SSSR count). The van der Waals surface area contributed by atoms with Gasteiger partial charge in [0.25, 0.3) is 5.91 Å². The van der Waals surface area contributed by atoms with Crippen molar-refractivity contribution in [1.82, 2.24) is 15.1 Å². The highest BCUT2D eigenvalue weighted by Gasteiger charge is 2.29. The van der Waals surface area contributed by atoms with Gasteiger partial charge in [0.2, 0.25) is 11.0 Å². The molecule has 1 atom stereocenters. The van der Waals surface area contributed by atoms with E-state index in [0.29, 0.717) is 23.1 Å². The zero-order chi connectivity index (χ0) is 18.6. The highest BCUT2D eigenvalue weighted by Crippen LogP contribution is 2.27. The van der Waals surface area contributed by atoms with Gasteiger partial charge >= 0.3 is 0 Å². The first-order valence-electron chi connectivity index (χ1n) is 8.73. The zero-order valence-electron chi connectivity index (χ0n) is 14.5. The summed E-state index contributed by atoms with van der Waals surface area (Å²) in [7, 11) is 0. The minimum absolute atomic E-state index is 0.00443. The molecule has 0 aliphatic carbocycles. The van der Waals surface area contributed by atoms with E-state index in [1.165, 1.54) is 22.7 Å². The smallest absolute Gasteiger partial charge is 0.263 e. The second kappa shape index (κ2) is 7.98. The molecule has 0 saturated carbocycles. The molecule has 6 nitrogen and oxygen atoms in total. The number of aromatic nitrogens is 2. The van der Waals surface area contributed by atoms with Gasteiger partial charge in [-0.2, -0.15) is 0 Å². The number of rotatable bonds is 4. The summed E-state index contributed by atoms with van der Waals surface area (Å²) >= 11 is 2.78. The molecule has 2 aromatic heterocycles. The van der Waals surface area contributed by atoms with Crippen LogP contribution in [0.5, 0.6) is 0 Å². The summed E-state index contributed by atoms with van der Waals surface area (Å²) in [6, 6.07) is 13.4. The molecule has 0 radical (unpaired) electrons. The Morgan fingerprint density at radius 2 is 1.96 bits per heavy atom. The number of benzene rings is 1. The van der Waals surface area contributed by atoms with Gasteiger partial charge < -0.3 is 10.2 Å². The minimum atomic E-state index is -0.230. The van der Waals surface area contributed by atoms with Crippen molar-refractivity contribution < 1.29 is 9.59 Å². The first-order valence-corrected chi connectivity index (χ1v) is 10.4. The van der Waals surface area contributed by atoms with E-state index < -0.39 is 0 Å². The molecule has 1 aromatic carbocycles. The largest absolute Gasteiger partial charge is 0.337 e. The maximum absolute atomic E-state index is 12.7. The summed E-state index contributed by atoms with van der Waals surface area (Å²) < 4.78 is 0. The van der Waals surface area contributed by atoms with Crippen LogP contribution in [0.3, 0.4) is 0 Å². The number of nitrogens with one attached hydrogen (secondary N) is 1. The molecule has 1 N–H and O–H groups in total. The van der Waals surface area contributed by atoms with Gasteiger partial charge in [-0.1, -0.05) is 47.7 Å². The Morgan fingerprint density at radius 1 is 1.11 bits per heavy atom. The van der Waals surface area contributed by atoms with Crippen molar-refractivity contribution in [2.75, 3.05) is 18.4 Å². The molecule has 1 aliphatic heterocycles. The first-order chi connectivity index (χ1) is 13.2. The van der Waals surface area contributed by atoms with Crippen molar-refractivity contribution in [2.45, 2.75) is 12.8 Å². The fourth-order valence-electron chi connectivity index (χ4n) is 3.11. The third-order valence-corrected chi connectivity index (χ3v) is 6.23. The van der Waals surface area contributed by atoms with Crippen LogP contribution in [-0.4, -0.2) is 40.0 Å². The Bertz CT molecular complexity index is 924. The van der Waals surface area contributed by atoms with Gasteiger partial charge in [-0.05, 0) is 24.3 Å². The normalized spacial score (nSPS) is 16.9. The summed E-state index contributed by atoms with van der Waals surface area (Å²) in [5, 5.41) is 14.2. The van der Waals surface area contributed by atoms with E-state index in [4.69, 9.17) is 0 Å². The maximum atomic E-state index is 12.7. The molecule has 3 aromatic rings. The number of carbonyl (C=O) groups excluding carboxylic acids is 2. The standard InChI is InChI=1S/C19H18N4O2S2/c24-16(20-19-22-21-17(27-19)13-6-2-1-3-7-13)14-8-4-10-23(12-14)18(25)15-9-5-11-26-15/h1-3,5-7,9,11,14H,4,8,10,12H2,(H,20,22,24). The molecule has 1 aliphatic rings. The van der Waals surface area contributed by atoms with Crippen molar-refractivity contribution >= 4 is 39.6 Å². The van der Waals surface area contributed by atoms with Crippen LogP contribution >= 0.6 is 22.7 Å². The molecule has 0 spiro atoms. The van der Waals surface area contributed by atoms with Crippen LogP contribution in [0.25, 0.3) is 10.6 Å². The predicted octanol–water partition coefficient (Wildman–Crippen LogP) is 3.76. The van der Waals surface area contributed by atoms with Crippen LogP contribution < -0.4 is 5.32 Å². The maximum Gasteiger partial charge on any atom is 0.263 e. The number of piperidine rings is 1. The number of amides is 2. The van der Waals surface area contributed by atoms with E-state index in [-0.39, 0.29) is 17.7 Å². The van der Waals surface area contributed by atoms with Crippen LogP contribution in [0.15, 0.2) is 47.8 Å². The van der Waals surface area contributed by atoms with E-state index >= 15 is 0 Å². The summed E-state index contributed by atoms with van der Waals surface area (Å²) in [5.41, 5.74) is 0.973. The topological polar surface area (TPSA) is 75.2 Å². The number of carbonyl (C=O) groups is 2. The molecule has 27 heavy (non-hydrogen) atoms. The monoisotopic (exact) mass is 398 g/mol. The lowest BCUT2D eigenvalue weighted by molar-refractivity contribution is -0.121. The number of thiophene rings is 1. The molecule has 1 unspecified atom stereocenters. The van der Waals surface area contributed by atoms with Crippen LogP contribution in [0, 0.1) is 5.92 Å². The molecule has 138 valence electrons. The van der Waals surface area contributed by atoms with E-state index in [1.807, 2.05) is 47.8 Å². The fraction of sp³-hybridized carbons (Fsp3) is 0.263. The second-order valence-electron chi connectivity index (χ2n) is 6.34. The summed E-state index contributed by atoms with van der Waals surface area (Å²) in [4.78, 5) is 27.7. The average molecular weight is 399 g/mol. The fourth-order valence-corrected chi connectivity index (χ4v) is 4.55. The number of anilines is 1. The van der Waals surface area contributed by atoms with Gasteiger partial charge in [0, 0.05) is 18.7 Å². The minimum Gasteiger partial charge on any atom is -0.337 e. The van der Waals surface area contributed by atoms with Crippen molar-refractivity contribution in [1.29, 1.82) is 0 Å². The number of nitrogens with zero attached hydrogens (tertiary/aromatic N) is 3. The van der Waals surface area contributed by atoms with Crippen molar-refractivity contribution in [3.05, 3.63) is 52.7 Å². The van der Waals surface area contributed by atoms with Gasteiger partial charge in [0.05, 0.1) is 10.8 Å². The molecule has 1 fully saturated rings. The summed E-state index contributed by atoms with van der Waals surface area (Å²) in [6.07, 6.45) is 1.59. The van der Waals surface area contributed by atoms with Crippen molar-refractivity contribution in [3.63, 3.8) is 0 Å². The average Bonchev–Trinajstić information content (AvgIpc) is 3.40. The predicted molar refractivity (Wildman–Crippen MR) is 107 cm³/mol. The Kier molecular flexibility index (Phi) is 5.26. The van der Waals surface area contributed by atoms with Gasteiger partial charge in [0.15, 0.2) is 0 Å². The molecular formula is C19H18N4O2S2. The van der Waals surface area contributed by atoms with Crippen LogP contribution in [0.4, 0.5) is 5.13 Å². The number of likely N-dealkylation sites (tertiary alicyclic amines) is 1. The summed E-state index contributed by atoms with van der Waals surface area (Å²) in [6.45, 7) is 1.13. The van der Waals surface area contributed by atoms with Crippen LogP contribution in [-0.2, 0) is 4.79 Å². The SMILES string of the molecule is O=C(Nc1nnc(-c2ccccc2)s1)C1CCCN(C(=O)c2cccs2)C1. The number of hydrogen-bond donors (Lipinski definition) is 1. The molecule has 2 amide bonds. The number of hydrogen-bond acceptors (Lipinski definition) is 6. The van der Waals surface area contributed by atoms with Crippen molar-refractivity contribution in [2.24, 2.45) is 5.92 Å². The summed E-state index contributed by atoms with van der Waals surface area (Å²) in [5.74, 6) is -0.328. The Balaban J connectivity index is 1.39. The van der Waals surface area contributed by atoms with Gasteiger partial charge in [-0.3, -0.25) is 9.59 Å². The first kappa shape index (κ1) is 17.8. The Hall–Kier alpha value is -2.58. The van der Waals surface area contributed by atoms with E-state index in [2.05, 4.69) is 15.5 Å². The molecule has 3 heterocycles. The Morgan fingerprint density at radius 3 is 2.74 bits per heavy atom. The molecule has 1 saturated heterocycles. The lowest BCUT2D eigenvalue weighted by atomic mass is 9.97. The Labute approximate surface area is 164 Å². The van der Waals surface area contributed by atoms with Crippen molar-refractivity contribution in [3.8, 4) is 10.6 Å². The lowest BCUT2D eigenvalue weighted by Crippen LogP contribution is -2.43. The highest BCUT2D eigenvalue weighted by molar-refractivity contribution is 7.18. The van der Waals surface area contributed by atoms with E-state index in [9.17, 15) is 9.59 Å². The highest BCUT2D eigenvalue weighted by atomic mass is 32.1. The van der Waals surface area contributed by atoms with Crippen LogP contribution in [0.1, 0.15) is 22.5 Å². The third kappa shape index (κ3) is 4.06. The second-order valence-corrected chi connectivity index (χ2v) is 8.26. The van der Waals surface area contributed by atoms with E-state index in [0.717, 1.165) is 23.4 Å². The third-order valence-electron chi connectivity index (χ3n) is 4.49. The van der Waals surface area contributed by atoms with Gasteiger partial charge in [0.1, 0.15) is 5.01 Å². The molecule has 0 bridgehead atoms. The van der Waals surface area contributed by atoms with Gasteiger partial charge in [-0.15, -0.1) is 21.5 Å². The lowest BCUT2D eigenvalue weighted by Gasteiger charge is -2.31. The molecule has 8 heteroatoms.